The summed E-state index contributed by atoms with van der Waals surface area (Å²) in [5.74, 6) is -1.90. The molecule has 0 radical (unpaired) electrons. The van der Waals surface area contributed by atoms with Gasteiger partial charge in [-0.25, -0.2) is 4.79 Å². The van der Waals surface area contributed by atoms with Gasteiger partial charge in [0.25, 0.3) is 5.91 Å². The van der Waals surface area contributed by atoms with Gasteiger partial charge >= 0.3 is 6.09 Å². The lowest BCUT2D eigenvalue weighted by Crippen LogP contribution is -2.56. The average Bonchev–Trinajstić information content (AvgIpc) is 2.98. The first-order chi connectivity index (χ1) is 19.3. The molecule has 3 aromatic carbocycles. The third-order valence-electron chi connectivity index (χ3n) is 6.19. The number of nitrogens with one attached hydrogen (secondary N) is 3. The van der Waals surface area contributed by atoms with E-state index in [2.05, 4.69) is 16.0 Å². The average molecular weight is 546 g/mol. The van der Waals surface area contributed by atoms with Crippen LogP contribution in [0.5, 0.6) is 5.75 Å². The Balaban J connectivity index is 1.65. The second-order valence-corrected chi connectivity index (χ2v) is 9.57. The number of hydrogen-bond donors (Lipinski definition) is 3. The molecule has 0 saturated heterocycles. The summed E-state index contributed by atoms with van der Waals surface area (Å²) < 4.78 is 10.4. The number of benzene rings is 3. The highest BCUT2D eigenvalue weighted by Gasteiger charge is 2.32. The first-order valence-corrected chi connectivity index (χ1v) is 13.0. The number of ether oxygens (including phenoxy) is 2. The van der Waals surface area contributed by atoms with E-state index < -0.39 is 35.8 Å². The summed E-state index contributed by atoms with van der Waals surface area (Å²) in [4.78, 5) is 51.7. The maximum absolute atomic E-state index is 13.4. The minimum absolute atomic E-state index is 0.0355. The summed E-state index contributed by atoms with van der Waals surface area (Å²) in [6.07, 6.45) is -0.611. The number of ketones is 1. The monoisotopic (exact) mass is 545 g/mol. The molecule has 0 spiro atoms. The summed E-state index contributed by atoms with van der Waals surface area (Å²) in [7, 11) is 1.56. The van der Waals surface area contributed by atoms with Gasteiger partial charge in [-0.05, 0) is 34.7 Å². The van der Waals surface area contributed by atoms with Crippen molar-refractivity contribution in [3.8, 4) is 5.75 Å². The molecular formula is C31H35N3O6. The predicted octanol–water partition coefficient (Wildman–Crippen LogP) is 3.56. The van der Waals surface area contributed by atoms with E-state index in [1.54, 1.807) is 45.2 Å². The Bertz CT molecular complexity index is 1260. The van der Waals surface area contributed by atoms with E-state index in [9.17, 15) is 19.2 Å². The maximum Gasteiger partial charge on any atom is 0.408 e. The highest BCUT2D eigenvalue weighted by Crippen LogP contribution is 2.12. The quantitative estimate of drug-likeness (QED) is 0.282. The Hall–Kier alpha value is -4.66. The number of carbonyl (C=O) groups excluding carboxylic acids is 4. The molecule has 3 amide bonds. The van der Waals surface area contributed by atoms with Crippen molar-refractivity contribution in [2.75, 3.05) is 7.11 Å². The van der Waals surface area contributed by atoms with E-state index in [4.69, 9.17) is 9.47 Å². The summed E-state index contributed by atoms with van der Waals surface area (Å²) in [6, 6.07) is 23.2. The zero-order valence-electron chi connectivity index (χ0n) is 22.9. The largest absolute Gasteiger partial charge is 0.497 e. The standard InChI is InChI=1S/C31H35N3O6/c1-21(2)27(28(35)30(37)32-19-23-14-16-25(39-3)17-15-23)34-29(36)26(18-22-10-6-4-7-11-22)33-31(38)40-20-24-12-8-5-9-13-24/h4-17,21,26-27H,18-20H2,1-3H3,(H,32,37)(H,33,38)(H,34,36)/t26-,27-/m0/s1. The van der Waals surface area contributed by atoms with Crippen LogP contribution in [0, 0.1) is 5.92 Å². The second-order valence-electron chi connectivity index (χ2n) is 9.57. The Morgan fingerprint density at radius 3 is 1.93 bits per heavy atom. The third-order valence-corrected chi connectivity index (χ3v) is 6.19. The first-order valence-electron chi connectivity index (χ1n) is 13.0. The number of Topliss-reactive ketones (excluding diaryl/α,β-unsaturated/α-hetero) is 1. The number of rotatable bonds is 13. The normalized spacial score (nSPS) is 12.1. The molecule has 3 rings (SSSR count). The second kappa shape index (κ2) is 15.1. The number of carbonyl (C=O) groups is 4. The summed E-state index contributed by atoms with van der Waals surface area (Å²) in [5, 5.41) is 7.89. The molecule has 0 unspecified atom stereocenters. The molecule has 40 heavy (non-hydrogen) atoms. The van der Waals surface area contributed by atoms with Gasteiger partial charge in [0.2, 0.25) is 11.7 Å². The molecule has 210 valence electrons. The molecular weight excluding hydrogens is 510 g/mol. The van der Waals surface area contributed by atoms with Crippen LogP contribution in [0.15, 0.2) is 84.9 Å². The molecule has 9 heteroatoms. The van der Waals surface area contributed by atoms with Crippen molar-refractivity contribution in [3.63, 3.8) is 0 Å². The molecule has 0 aromatic heterocycles. The maximum atomic E-state index is 13.4. The van der Waals surface area contributed by atoms with Crippen LogP contribution < -0.4 is 20.7 Å². The van der Waals surface area contributed by atoms with Crippen LogP contribution >= 0.6 is 0 Å². The molecule has 0 heterocycles. The Morgan fingerprint density at radius 1 is 0.750 bits per heavy atom. The van der Waals surface area contributed by atoms with E-state index in [0.29, 0.717) is 5.75 Å². The van der Waals surface area contributed by atoms with E-state index in [1.807, 2.05) is 60.7 Å². The van der Waals surface area contributed by atoms with Gasteiger partial charge in [-0.2, -0.15) is 0 Å². The number of alkyl carbamates (subject to hydrolysis) is 1. The van der Waals surface area contributed by atoms with E-state index in [0.717, 1.165) is 16.7 Å². The van der Waals surface area contributed by atoms with Crippen LogP contribution in [-0.4, -0.2) is 42.9 Å². The fraction of sp³-hybridized carbons (Fsp3) is 0.290. The van der Waals surface area contributed by atoms with E-state index in [-0.39, 0.29) is 25.5 Å². The molecule has 0 fully saturated rings. The number of amides is 3. The smallest absolute Gasteiger partial charge is 0.408 e. The van der Waals surface area contributed by atoms with Crippen LogP contribution in [-0.2, 0) is 38.7 Å². The molecule has 0 bridgehead atoms. The topological polar surface area (TPSA) is 123 Å². The number of methoxy groups -OCH3 is 1. The molecule has 9 nitrogen and oxygen atoms in total. The number of hydrogen-bond acceptors (Lipinski definition) is 6. The summed E-state index contributed by atoms with van der Waals surface area (Å²) >= 11 is 0. The van der Waals surface area contributed by atoms with Crippen molar-refractivity contribution in [3.05, 3.63) is 102 Å². The van der Waals surface area contributed by atoms with Crippen LogP contribution in [0.25, 0.3) is 0 Å². The highest BCUT2D eigenvalue weighted by molar-refractivity contribution is 6.38. The van der Waals surface area contributed by atoms with Crippen LogP contribution in [0.4, 0.5) is 4.79 Å². The van der Waals surface area contributed by atoms with Gasteiger partial charge < -0.3 is 25.4 Å². The van der Waals surface area contributed by atoms with Crippen LogP contribution in [0.3, 0.4) is 0 Å². The van der Waals surface area contributed by atoms with Gasteiger partial charge in [-0.3, -0.25) is 14.4 Å². The van der Waals surface area contributed by atoms with Crippen molar-refractivity contribution in [2.24, 2.45) is 5.92 Å². The Morgan fingerprint density at radius 2 is 1.35 bits per heavy atom. The summed E-state index contributed by atoms with van der Waals surface area (Å²) in [5.41, 5.74) is 2.39. The molecule has 3 aromatic rings. The van der Waals surface area contributed by atoms with Gasteiger partial charge in [0.15, 0.2) is 0 Å². The molecule has 0 aliphatic heterocycles. The van der Waals surface area contributed by atoms with Crippen molar-refractivity contribution in [1.29, 1.82) is 0 Å². The lowest BCUT2D eigenvalue weighted by Gasteiger charge is -2.24. The zero-order valence-corrected chi connectivity index (χ0v) is 22.9. The SMILES string of the molecule is COc1ccc(CNC(=O)C(=O)[C@@H](NC(=O)[C@H](Cc2ccccc2)NC(=O)OCc2ccccc2)C(C)C)cc1. The van der Waals surface area contributed by atoms with E-state index >= 15 is 0 Å². The highest BCUT2D eigenvalue weighted by atomic mass is 16.5. The first kappa shape index (κ1) is 29.9. The molecule has 2 atom stereocenters. The molecule has 0 saturated carbocycles. The molecule has 3 N–H and O–H groups in total. The Labute approximate surface area is 234 Å². The minimum Gasteiger partial charge on any atom is -0.497 e. The van der Waals surface area contributed by atoms with Crippen molar-refractivity contribution < 1.29 is 28.7 Å². The fourth-order valence-corrected chi connectivity index (χ4v) is 3.91. The van der Waals surface area contributed by atoms with Crippen molar-refractivity contribution in [2.45, 2.75) is 45.5 Å². The van der Waals surface area contributed by atoms with Crippen LogP contribution in [0.1, 0.15) is 30.5 Å². The fourth-order valence-electron chi connectivity index (χ4n) is 3.91. The summed E-state index contributed by atoms with van der Waals surface area (Å²) in [6.45, 7) is 3.63. The van der Waals surface area contributed by atoms with Gasteiger partial charge in [-0.1, -0.05) is 86.6 Å². The van der Waals surface area contributed by atoms with Crippen molar-refractivity contribution >= 4 is 23.7 Å². The van der Waals surface area contributed by atoms with Gasteiger partial charge in [0.1, 0.15) is 18.4 Å². The third kappa shape index (κ3) is 9.27. The zero-order chi connectivity index (χ0) is 28.9. The minimum atomic E-state index is -1.09. The predicted molar refractivity (Wildman–Crippen MR) is 150 cm³/mol. The van der Waals surface area contributed by atoms with Gasteiger partial charge in [0.05, 0.1) is 13.2 Å². The van der Waals surface area contributed by atoms with Gasteiger partial charge in [-0.15, -0.1) is 0 Å². The lowest BCUT2D eigenvalue weighted by molar-refractivity contribution is -0.141. The lowest BCUT2D eigenvalue weighted by atomic mass is 9.97. The van der Waals surface area contributed by atoms with Gasteiger partial charge in [0, 0.05) is 13.0 Å². The molecule has 0 aliphatic carbocycles. The van der Waals surface area contributed by atoms with Crippen molar-refractivity contribution in [1.82, 2.24) is 16.0 Å². The Kier molecular flexibility index (Phi) is 11.3. The van der Waals surface area contributed by atoms with Crippen LogP contribution in [0.2, 0.25) is 0 Å². The van der Waals surface area contributed by atoms with E-state index in [1.165, 1.54) is 0 Å². The molecule has 0 aliphatic rings.